The van der Waals surface area contributed by atoms with Crippen molar-refractivity contribution in [3.63, 3.8) is 0 Å². The Balaban J connectivity index is 2.33. The number of rotatable bonds is 4. The Bertz CT molecular complexity index is 527. The lowest BCUT2D eigenvalue weighted by atomic mass is 10.3. The van der Waals surface area contributed by atoms with E-state index in [2.05, 4.69) is 22.3 Å². The molecular weight excluding hydrogens is 234 g/mol. The van der Waals surface area contributed by atoms with Crippen LogP contribution in [-0.2, 0) is 0 Å². The second-order valence-electron chi connectivity index (χ2n) is 4.01. The molecule has 0 aromatic carbocycles. The van der Waals surface area contributed by atoms with Crippen LogP contribution in [0.15, 0.2) is 28.4 Å². The van der Waals surface area contributed by atoms with E-state index in [4.69, 9.17) is 0 Å². The number of hydrogen-bond donors (Lipinski definition) is 3. The maximum absolute atomic E-state index is 12.2. The molecule has 1 fully saturated rings. The highest BCUT2D eigenvalue weighted by Crippen LogP contribution is 2.05. The zero-order valence-corrected chi connectivity index (χ0v) is 10.1. The van der Waals surface area contributed by atoms with Gasteiger partial charge in [-0.05, 0) is 0 Å². The van der Waals surface area contributed by atoms with Crippen molar-refractivity contribution in [1.29, 1.82) is 0 Å². The van der Waals surface area contributed by atoms with Crippen molar-refractivity contribution in [3.05, 3.63) is 39.7 Å². The van der Waals surface area contributed by atoms with Gasteiger partial charge in [-0.1, -0.05) is 6.08 Å². The average molecular weight is 251 g/mol. The summed E-state index contributed by atoms with van der Waals surface area (Å²) in [6, 6.07) is 0. The molecule has 7 heteroatoms. The van der Waals surface area contributed by atoms with Crippen LogP contribution >= 0.6 is 0 Å². The first-order valence-electron chi connectivity index (χ1n) is 5.89. The number of H-pyrrole nitrogens is 1. The van der Waals surface area contributed by atoms with Crippen LogP contribution in [0.1, 0.15) is 0 Å². The van der Waals surface area contributed by atoms with E-state index in [0.29, 0.717) is 12.2 Å². The molecule has 3 N–H and O–H groups in total. The second-order valence-corrected chi connectivity index (χ2v) is 4.01. The summed E-state index contributed by atoms with van der Waals surface area (Å²) in [5.74, 6) is 0. The van der Waals surface area contributed by atoms with Gasteiger partial charge in [0, 0.05) is 38.9 Å². The van der Waals surface area contributed by atoms with E-state index in [9.17, 15) is 9.59 Å². The molecule has 0 spiro atoms. The Morgan fingerprint density at radius 3 is 2.78 bits per heavy atom. The minimum atomic E-state index is -0.472. The van der Waals surface area contributed by atoms with Gasteiger partial charge in [0.25, 0.3) is 5.56 Å². The number of nitrogens with zero attached hydrogens (tertiary/aromatic N) is 2. The molecule has 98 valence electrons. The van der Waals surface area contributed by atoms with Crippen molar-refractivity contribution in [2.45, 2.75) is 0 Å². The highest BCUT2D eigenvalue weighted by Gasteiger charge is 2.16. The minimum absolute atomic E-state index is 0.331. The van der Waals surface area contributed by atoms with E-state index in [1.165, 1.54) is 6.20 Å². The number of anilines is 1. The first-order chi connectivity index (χ1) is 8.74. The molecule has 1 aliphatic rings. The van der Waals surface area contributed by atoms with E-state index in [-0.39, 0.29) is 5.56 Å². The van der Waals surface area contributed by atoms with E-state index in [1.807, 2.05) is 4.90 Å². The summed E-state index contributed by atoms with van der Waals surface area (Å²) >= 11 is 0. The lowest BCUT2D eigenvalue weighted by molar-refractivity contribution is 0.583. The Labute approximate surface area is 104 Å². The Hall–Kier alpha value is -2.02. The summed E-state index contributed by atoms with van der Waals surface area (Å²) in [6.07, 6.45) is 3.06. The molecule has 1 saturated heterocycles. The molecule has 1 aliphatic heterocycles. The molecule has 0 saturated carbocycles. The van der Waals surface area contributed by atoms with E-state index < -0.39 is 5.69 Å². The predicted molar refractivity (Wildman–Crippen MR) is 70.8 cm³/mol. The molecule has 0 aliphatic carbocycles. The molecule has 2 heterocycles. The normalized spacial score (nSPS) is 15.4. The van der Waals surface area contributed by atoms with Crippen LogP contribution in [0, 0.1) is 0 Å². The number of hydrogen-bond acceptors (Lipinski definition) is 5. The van der Waals surface area contributed by atoms with E-state index >= 15 is 0 Å². The third kappa shape index (κ3) is 2.45. The molecule has 0 bridgehead atoms. The van der Waals surface area contributed by atoms with Crippen LogP contribution in [-0.4, -0.2) is 42.4 Å². The first-order valence-corrected chi connectivity index (χ1v) is 5.89. The van der Waals surface area contributed by atoms with Crippen molar-refractivity contribution < 1.29 is 0 Å². The fourth-order valence-corrected chi connectivity index (χ4v) is 1.89. The second kappa shape index (κ2) is 5.54. The third-order valence-corrected chi connectivity index (χ3v) is 2.81. The lowest BCUT2D eigenvalue weighted by Crippen LogP contribution is -2.49. The molecule has 2 rings (SSSR count). The zero-order valence-electron chi connectivity index (χ0n) is 10.1. The smallest absolute Gasteiger partial charge is 0.347 e. The molecule has 0 amide bonds. The fraction of sp³-hybridized carbons (Fsp3) is 0.455. The van der Waals surface area contributed by atoms with Gasteiger partial charge in [0.15, 0.2) is 0 Å². The summed E-state index contributed by atoms with van der Waals surface area (Å²) in [7, 11) is 0. The molecule has 0 atom stereocenters. The van der Waals surface area contributed by atoms with Gasteiger partial charge < -0.3 is 20.6 Å². The van der Waals surface area contributed by atoms with Crippen molar-refractivity contribution >= 4 is 5.69 Å². The number of piperazine rings is 1. The van der Waals surface area contributed by atoms with Gasteiger partial charge in [0.05, 0.1) is 0 Å². The summed E-state index contributed by atoms with van der Waals surface area (Å²) in [5, 5.41) is 3.21. The molecule has 1 aromatic heterocycles. The Morgan fingerprint density at radius 1 is 1.39 bits per heavy atom. The van der Waals surface area contributed by atoms with E-state index in [0.717, 1.165) is 30.9 Å². The number of aromatic amines is 1. The summed E-state index contributed by atoms with van der Waals surface area (Å²) < 4.78 is 0.985. The zero-order chi connectivity index (χ0) is 13.0. The van der Waals surface area contributed by atoms with Crippen LogP contribution < -0.4 is 26.9 Å². The topological polar surface area (TPSA) is 82.2 Å². The van der Waals surface area contributed by atoms with Crippen molar-refractivity contribution in [2.24, 2.45) is 0 Å². The molecule has 0 radical (unpaired) electrons. The van der Waals surface area contributed by atoms with Crippen LogP contribution in [0.2, 0.25) is 0 Å². The first kappa shape index (κ1) is 12.4. The quantitative estimate of drug-likeness (QED) is 0.578. The Kier molecular flexibility index (Phi) is 3.83. The maximum atomic E-state index is 12.2. The molecule has 0 unspecified atom stereocenters. The average Bonchev–Trinajstić information content (AvgIpc) is 2.40. The largest absolute Gasteiger partial charge is 0.363 e. The SMILES string of the molecule is C=CCNn1c(=O)[nH]cc(N2CCNCC2)c1=O. The van der Waals surface area contributed by atoms with Gasteiger partial charge in [-0.25, -0.2) is 4.79 Å². The number of nitrogens with one attached hydrogen (secondary N) is 3. The van der Waals surface area contributed by atoms with E-state index in [1.54, 1.807) is 6.08 Å². The summed E-state index contributed by atoms with van der Waals surface area (Å²) in [5.41, 5.74) is 2.41. The van der Waals surface area contributed by atoms with Crippen LogP contribution in [0.4, 0.5) is 5.69 Å². The fourth-order valence-electron chi connectivity index (χ4n) is 1.89. The summed E-state index contributed by atoms with van der Waals surface area (Å²) in [4.78, 5) is 28.3. The summed E-state index contributed by atoms with van der Waals surface area (Å²) in [6.45, 7) is 7.06. The predicted octanol–water partition coefficient (Wildman–Crippen LogP) is -1.32. The van der Waals surface area contributed by atoms with Crippen LogP contribution in [0.3, 0.4) is 0 Å². The minimum Gasteiger partial charge on any atom is -0.363 e. The molecular formula is C11H17N5O2. The van der Waals surface area contributed by atoms with Gasteiger partial charge >= 0.3 is 5.69 Å². The van der Waals surface area contributed by atoms with Crippen molar-refractivity contribution in [1.82, 2.24) is 15.0 Å². The maximum Gasteiger partial charge on any atom is 0.347 e. The lowest BCUT2D eigenvalue weighted by Gasteiger charge is -2.28. The standard InChI is InChI=1S/C11H17N5O2/c1-2-3-14-16-10(17)9(8-13-11(16)18)15-6-4-12-5-7-15/h2,8,12,14H,1,3-7H2,(H,13,18). The highest BCUT2D eigenvalue weighted by atomic mass is 16.2. The van der Waals surface area contributed by atoms with Gasteiger partial charge in [0.1, 0.15) is 5.69 Å². The van der Waals surface area contributed by atoms with Crippen molar-refractivity contribution in [3.8, 4) is 0 Å². The van der Waals surface area contributed by atoms with Gasteiger partial charge in [-0.3, -0.25) is 4.79 Å². The van der Waals surface area contributed by atoms with Crippen LogP contribution in [0.5, 0.6) is 0 Å². The monoisotopic (exact) mass is 251 g/mol. The molecule has 1 aromatic rings. The van der Waals surface area contributed by atoms with Crippen LogP contribution in [0.25, 0.3) is 0 Å². The third-order valence-electron chi connectivity index (χ3n) is 2.81. The van der Waals surface area contributed by atoms with Gasteiger partial charge in [-0.2, -0.15) is 4.68 Å². The van der Waals surface area contributed by atoms with Gasteiger partial charge in [-0.15, -0.1) is 6.58 Å². The highest BCUT2D eigenvalue weighted by molar-refractivity contribution is 5.42. The molecule has 18 heavy (non-hydrogen) atoms. The van der Waals surface area contributed by atoms with Gasteiger partial charge in [0.2, 0.25) is 0 Å². The molecule has 7 nitrogen and oxygen atoms in total. The number of aromatic nitrogens is 2. The Morgan fingerprint density at radius 2 is 2.11 bits per heavy atom. The van der Waals surface area contributed by atoms with Crippen molar-refractivity contribution in [2.75, 3.05) is 43.0 Å².